The molecule has 8 heteroatoms. The number of nitrogens with zero attached hydrogens (tertiary/aromatic N) is 2. The Balaban J connectivity index is 0.00000392. The molecule has 0 aliphatic heterocycles. The van der Waals surface area contributed by atoms with Crippen LogP contribution < -0.4 is 20.1 Å². The number of methoxy groups -OCH3 is 1. The van der Waals surface area contributed by atoms with Crippen molar-refractivity contribution in [2.75, 3.05) is 20.7 Å². The summed E-state index contributed by atoms with van der Waals surface area (Å²) in [5.41, 5.74) is 1.10. The highest BCUT2D eigenvalue weighted by Crippen LogP contribution is 2.25. The van der Waals surface area contributed by atoms with Crippen molar-refractivity contribution in [1.29, 1.82) is 0 Å². The second-order valence-electron chi connectivity index (χ2n) is 7.31. The molecule has 0 amide bonds. The van der Waals surface area contributed by atoms with Crippen molar-refractivity contribution in [1.82, 2.24) is 15.6 Å². The van der Waals surface area contributed by atoms with Crippen LogP contribution in [0.2, 0.25) is 0 Å². The number of aromatic nitrogens is 1. The number of ether oxygens (including phenoxy) is 2. The summed E-state index contributed by atoms with van der Waals surface area (Å²) in [7, 11) is 3.40. The number of rotatable bonds is 7. The zero-order valence-corrected chi connectivity index (χ0v) is 20.6. The minimum atomic E-state index is -0.0255. The van der Waals surface area contributed by atoms with Crippen molar-refractivity contribution in [3.63, 3.8) is 0 Å². The van der Waals surface area contributed by atoms with Gasteiger partial charge in [0, 0.05) is 23.9 Å². The molecule has 0 bridgehead atoms. The topological polar surface area (TPSA) is 67.8 Å². The molecule has 0 aliphatic carbocycles. The molecule has 156 valence electrons. The van der Waals surface area contributed by atoms with Crippen LogP contribution in [0.1, 0.15) is 38.4 Å². The van der Waals surface area contributed by atoms with Crippen molar-refractivity contribution < 1.29 is 9.47 Å². The molecule has 0 saturated carbocycles. The summed E-state index contributed by atoms with van der Waals surface area (Å²) in [5, 5.41) is 9.81. The van der Waals surface area contributed by atoms with E-state index in [4.69, 9.17) is 14.5 Å². The summed E-state index contributed by atoms with van der Waals surface area (Å²) in [4.78, 5) is 8.95. The van der Waals surface area contributed by atoms with Crippen molar-refractivity contribution in [3.05, 3.63) is 40.3 Å². The van der Waals surface area contributed by atoms with Crippen LogP contribution in [0.5, 0.6) is 11.5 Å². The largest absolute Gasteiger partial charge is 0.497 e. The van der Waals surface area contributed by atoms with Crippen LogP contribution in [0.3, 0.4) is 0 Å². The Bertz CT molecular complexity index is 759. The maximum atomic E-state index is 5.92. The molecule has 2 rings (SSSR count). The Morgan fingerprint density at radius 1 is 1.25 bits per heavy atom. The number of hydrogen-bond donors (Lipinski definition) is 2. The van der Waals surface area contributed by atoms with Gasteiger partial charge < -0.3 is 20.1 Å². The SMILES string of the molecule is CN=C(NCc1csc(C(C)(C)C)n1)NCC(C)Oc1cccc(OC)c1.I. The molecule has 1 aromatic heterocycles. The van der Waals surface area contributed by atoms with E-state index in [2.05, 4.69) is 41.8 Å². The number of hydrogen-bond acceptors (Lipinski definition) is 5. The zero-order valence-electron chi connectivity index (χ0n) is 17.4. The minimum absolute atomic E-state index is 0. The maximum absolute atomic E-state index is 5.92. The third-order valence-electron chi connectivity index (χ3n) is 3.79. The van der Waals surface area contributed by atoms with Crippen LogP contribution in [0.25, 0.3) is 0 Å². The van der Waals surface area contributed by atoms with E-state index >= 15 is 0 Å². The predicted molar refractivity (Wildman–Crippen MR) is 128 cm³/mol. The van der Waals surface area contributed by atoms with Gasteiger partial charge in [0.15, 0.2) is 5.96 Å². The van der Waals surface area contributed by atoms with Gasteiger partial charge in [0.1, 0.15) is 17.6 Å². The summed E-state index contributed by atoms with van der Waals surface area (Å²) >= 11 is 1.70. The van der Waals surface area contributed by atoms with Crippen LogP contribution in [-0.2, 0) is 12.0 Å². The molecule has 1 unspecified atom stereocenters. The highest BCUT2D eigenvalue weighted by Gasteiger charge is 2.18. The number of halogens is 1. The molecule has 28 heavy (non-hydrogen) atoms. The number of guanidine groups is 1. The Morgan fingerprint density at radius 2 is 1.96 bits per heavy atom. The lowest BCUT2D eigenvalue weighted by molar-refractivity contribution is 0.223. The van der Waals surface area contributed by atoms with Gasteiger partial charge in [-0.2, -0.15) is 0 Å². The second kappa shape index (κ2) is 11.5. The molecule has 2 aromatic rings. The fraction of sp³-hybridized carbons (Fsp3) is 0.500. The third kappa shape index (κ3) is 7.83. The molecule has 0 saturated heterocycles. The summed E-state index contributed by atoms with van der Waals surface area (Å²) < 4.78 is 11.1. The van der Waals surface area contributed by atoms with Gasteiger partial charge in [-0.25, -0.2) is 4.98 Å². The van der Waals surface area contributed by atoms with E-state index in [1.165, 1.54) is 0 Å². The Labute approximate surface area is 189 Å². The van der Waals surface area contributed by atoms with E-state index in [9.17, 15) is 0 Å². The Kier molecular flexibility index (Phi) is 10.0. The van der Waals surface area contributed by atoms with Gasteiger partial charge in [-0.1, -0.05) is 26.8 Å². The molecule has 1 heterocycles. The highest BCUT2D eigenvalue weighted by atomic mass is 127. The van der Waals surface area contributed by atoms with Gasteiger partial charge >= 0.3 is 0 Å². The van der Waals surface area contributed by atoms with E-state index < -0.39 is 0 Å². The molecule has 2 N–H and O–H groups in total. The van der Waals surface area contributed by atoms with Crippen LogP contribution in [0, 0.1) is 0 Å². The van der Waals surface area contributed by atoms with Crippen molar-refractivity contribution in [2.24, 2.45) is 4.99 Å². The van der Waals surface area contributed by atoms with Crippen LogP contribution in [-0.4, -0.2) is 37.7 Å². The quantitative estimate of drug-likeness (QED) is 0.327. The number of thiazole rings is 1. The molecule has 6 nitrogen and oxygen atoms in total. The first kappa shape index (κ1) is 24.5. The smallest absolute Gasteiger partial charge is 0.191 e. The first-order valence-electron chi connectivity index (χ1n) is 9.02. The second-order valence-corrected chi connectivity index (χ2v) is 8.17. The summed E-state index contributed by atoms with van der Waals surface area (Å²) in [6.45, 7) is 9.79. The van der Waals surface area contributed by atoms with Gasteiger partial charge in [0.25, 0.3) is 0 Å². The summed E-state index contributed by atoms with van der Waals surface area (Å²) in [5.74, 6) is 2.29. The van der Waals surface area contributed by atoms with Gasteiger partial charge in [0.05, 0.1) is 30.9 Å². The number of nitrogens with one attached hydrogen (secondary N) is 2. The standard InChI is InChI=1S/C20H30N4O2S.HI/c1-14(26-17-9-7-8-16(10-17)25-6)11-22-19(21-5)23-12-15-13-27-18(24-15)20(2,3)4;/h7-10,13-14H,11-12H2,1-6H3,(H2,21,22,23);1H. The molecule has 0 radical (unpaired) electrons. The van der Waals surface area contributed by atoms with Crippen LogP contribution in [0.15, 0.2) is 34.6 Å². The monoisotopic (exact) mass is 518 g/mol. The van der Waals surface area contributed by atoms with E-state index in [1.807, 2.05) is 31.2 Å². The molecule has 1 atom stereocenters. The van der Waals surface area contributed by atoms with Crippen LogP contribution >= 0.6 is 35.3 Å². The Morgan fingerprint density at radius 3 is 2.57 bits per heavy atom. The van der Waals surface area contributed by atoms with Crippen molar-refractivity contribution in [3.8, 4) is 11.5 Å². The average molecular weight is 518 g/mol. The van der Waals surface area contributed by atoms with Gasteiger partial charge in [-0.15, -0.1) is 35.3 Å². The maximum Gasteiger partial charge on any atom is 0.191 e. The molecule has 0 spiro atoms. The summed E-state index contributed by atoms with van der Waals surface area (Å²) in [6, 6.07) is 7.60. The molecule has 0 fully saturated rings. The van der Waals surface area contributed by atoms with E-state index in [0.29, 0.717) is 13.1 Å². The molecule has 1 aromatic carbocycles. The van der Waals surface area contributed by atoms with E-state index in [0.717, 1.165) is 28.2 Å². The fourth-order valence-electron chi connectivity index (χ4n) is 2.32. The molecular formula is C20H31IN4O2S. The third-order valence-corrected chi connectivity index (χ3v) is 5.11. The lowest BCUT2D eigenvalue weighted by Crippen LogP contribution is -2.41. The van der Waals surface area contributed by atoms with Gasteiger partial charge in [0.2, 0.25) is 0 Å². The van der Waals surface area contributed by atoms with E-state index in [-0.39, 0.29) is 35.5 Å². The van der Waals surface area contributed by atoms with Crippen LogP contribution in [0.4, 0.5) is 0 Å². The lowest BCUT2D eigenvalue weighted by atomic mass is 9.98. The lowest BCUT2D eigenvalue weighted by Gasteiger charge is -2.18. The molecule has 0 aliphatic rings. The van der Waals surface area contributed by atoms with Gasteiger partial charge in [-0.3, -0.25) is 4.99 Å². The summed E-state index contributed by atoms with van der Waals surface area (Å²) in [6.07, 6.45) is -0.0255. The Hall–Kier alpha value is -1.55. The first-order chi connectivity index (χ1) is 12.8. The van der Waals surface area contributed by atoms with Crippen molar-refractivity contribution >= 4 is 41.3 Å². The number of aliphatic imine (C=N–C) groups is 1. The predicted octanol–water partition coefficient (Wildman–Crippen LogP) is 4.20. The average Bonchev–Trinajstić information content (AvgIpc) is 3.11. The normalized spacial score (nSPS) is 12.7. The van der Waals surface area contributed by atoms with E-state index in [1.54, 1.807) is 25.5 Å². The first-order valence-corrected chi connectivity index (χ1v) is 9.90. The minimum Gasteiger partial charge on any atom is -0.497 e. The zero-order chi connectivity index (χ0) is 19.9. The number of benzene rings is 1. The molecular weight excluding hydrogens is 487 g/mol. The fourth-order valence-corrected chi connectivity index (χ4v) is 3.22. The highest BCUT2D eigenvalue weighted by molar-refractivity contribution is 14.0. The van der Waals surface area contributed by atoms with Gasteiger partial charge in [-0.05, 0) is 19.1 Å². The van der Waals surface area contributed by atoms with Crippen molar-refractivity contribution in [2.45, 2.75) is 45.8 Å².